The average Bonchev–Trinajstić information content (AvgIpc) is 3.01. The summed E-state index contributed by atoms with van der Waals surface area (Å²) in [7, 11) is 0. The Bertz CT molecular complexity index is 1050. The van der Waals surface area contributed by atoms with Gasteiger partial charge in [0.05, 0.1) is 29.3 Å². The smallest absolute Gasteiger partial charge is 0.250 e. The molecule has 0 unspecified atom stereocenters. The van der Waals surface area contributed by atoms with Gasteiger partial charge in [0.2, 0.25) is 5.91 Å². The second kappa shape index (κ2) is 6.94. The van der Waals surface area contributed by atoms with E-state index in [0.29, 0.717) is 33.5 Å². The Morgan fingerprint density at radius 1 is 1.31 bits per heavy atom. The first kappa shape index (κ1) is 17.0. The van der Waals surface area contributed by atoms with E-state index in [1.807, 2.05) is 6.92 Å². The van der Waals surface area contributed by atoms with Gasteiger partial charge in [-0.3, -0.25) is 14.7 Å². The van der Waals surface area contributed by atoms with E-state index in [1.54, 1.807) is 36.4 Å². The molecule has 26 heavy (non-hydrogen) atoms. The number of primary amides is 1. The SMILES string of the molecule is Cc1cc2c(NC(=O)CNc3ccccc3C(N)=O)n[nH]c2cc1C#N. The van der Waals surface area contributed by atoms with Crippen molar-refractivity contribution in [2.75, 3.05) is 17.2 Å². The van der Waals surface area contributed by atoms with Crippen molar-refractivity contribution in [1.29, 1.82) is 5.26 Å². The highest BCUT2D eigenvalue weighted by atomic mass is 16.2. The van der Waals surface area contributed by atoms with Crippen LogP contribution in [0.4, 0.5) is 11.5 Å². The molecule has 0 radical (unpaired) electrons. The van der Waals surface area contributed by atoms with Crippen molar-refractivity contribution < 1.29 is 9.59 Å². The van der Waals surface area contributed by atoms with Gasteiger partial charge in [0.15, 0.2) is 5.82 Å². The Balaban J connectivity index is 1.73. The average molecular weight is 348 g/mol. The number of fused-ring (bicyclic) bond motifs is 1. The number of aryl methyl sites for hydroxylation is 1. The number of benzene rings is 2. The van der Waals surface area contributed by atoms with Crippen molar-refractivity contribution in [3.05, 3.63) is 53.1 Å². The first-order valence-electron chi connectivity index (χ1n) is 7.81. The zero-order valence-corrected chi connectivity index (χ0v) is 14.0. The Morgan fingerprint density at radius 3 is 2.81 bits per heavy atom. The van der Waals surface area contributed by atoms with Crippen LogP contribution in [0, 0.1) is 18.3 Å². The number of hydrogen-bond donors (Lipinski definition) is 4. The predicted molar refractivity (Wildman–Crippen MR) is 97.6 cm³/mol. The van der Waals surface area contributed by atoms with Gasteiger partial charge in [-0.2, -0.15) is 10.4 Å². The zero-order chi connectivity index (χ0) is 18.7. The van der Waals surface area contributed by atoms with Crippen LogP contribution in [0.1, 0.15) is 21.5 Å². The number of para-hydroxylation sites is 1. The third kappa shape index (κ3) is 3.32. The van der Waals surface area contributed by atoms with Crippen molar-refractivity contribution >= 4 is 34.2 Å². The maximum Gasteiger partial charge on any atom is 0.250 e. The lowest BCUT2D eigenvalue weighted by Gasteiger charge is -2.09. The third-order valence-corrected chi connectivity index (χ3v) is 3.92. The molecule has 8 heteroatoms. The van der Waals surface area contributed by atoms with E-state index in [-0.39, 0.29) is 12.5 Å². The molecule has 0 saturated heterocycles. The quantitative estimate of drug-likeness (QED) is 0.558. The van der Waals surface area contributed by atoms with E-state index in [9.17, 15) is 9.59 Å². The van der Waals surface area contributed by atoms with Gasteiger partial charge >= 0.3 is 0 Å². The fraction of sp³-hybridized carbons (Fsp3) is 0.111. The van der Waals surface area contributed by atoms with Crippen molar-refractivity contribution in [3.8, 4) is 6.07 Å². The standard InChI is InChI=1S/C18H16N6O2/c1-10-6-13-15(7-11(10)8-19)23-24-18(13)22-16(25)9-21-14-5-3-2-4-12(14)17(20)26/h2-7,21H,9H2,1H3,(H2,20,26)(H2,22,23,24,25). The molecule has 1 heterocycles. The van der Waals surface area contributed by atoms with E-state index in [1.165, 1.54) is 0 Å². The highest BCUT2D eigenvalue weighted by Crippen LogP contribution is 2.24. The minimum absolute atomic E-state index is 0.0616. The molecule has 1 aromatic heterocycles. The van der Waals surface area contributed by atoms with Crippen LogP contribution in [-0.2, 0) is 4.79 Å². The number of nitrogens with zero attached hydrogens (tertiary/aromatic N) is 2. The number of carbonyl (C=O) groups is 2. The molecule has 2 aromatic carbocycles. The first-order chi connectivity index (χ1) is 12.5. The topological polar surface area (TPSA) is 137 Å². The van der Waals surface area contributed by atoms with Gasteiger partial charge in [-0.15, -0.1) is 0 Å². The molecular formula is C18H16N6O2. The second-order valence-corrected chi connectivity index (χ2v) is 5.71. The van der Waals surface area contributed by atoms with Crippen LogP contribution < -0.4 is 16.4 Å². The fourth-order valence-corrected chi connectivity index (χ4v) is 2.59. The molecule has 0 aliphatic heterocycles. The molecule has 8 nitrogen and oxygen atoms in total. The van der Waals surface area contributed by atoms with Gasteiger partial charge in [-0.05, 0) is 36.8 Å². The molecule has 0 saturated carbocycles. The summed E-state index contributed by atoms with van der Waals surface area (Å²) in [6.45, 7) is 1.76. The van der Waals surface area contributed by atoms with E-state index >= 15 is 0 Å². The molecule has 0 atom stereocenters. The van der Waals surface area contributed by atoms with Crippen molar-refractivity contribution in [2.45, 2.75) is 6.92 Å². The largest absolute Gasteiger partial charge is 0.376 e. The van der Waals surface area contributed by atoms with Gasteiger partial charge < -0.3 is 16.4 Å². The van der Waals surface area contributed by atoms with Crippen LogP contribution in [0.5, 0.6) is 0 Å². The molecule has 0 aliphatic carbocycles. The molecular weight excluding hydrogens is 332 g/mol. The Hall–Kier alpha value is -3.86. The summed E-state index contributed by atoms with van der Waals surface area (Å²) in [6.07, 6.45) is 0. The molecule has 2 amide bonds. The maximum atomic E-state index is 12.2. The fourth-order valence-electron chi connectivity index (χ4n) is 2.59. The minimum Gasteiger partial charge on any atom is -0.376 e. The van der Waals surface area contributed by atoms with Crippen molar-refractivity contribution in [2.24, 2.45) is 5.73 Å². The summed E-state index contributed by atoms with van der Waals surface area (Å²) in [5.41, 5.74) is 8.11. The van der Waals surface area contributed by atoms with Crippen LogP contribution in [0.25, 0.3) is 10.9 Å². The Kier molecular flexibility index (Phi) is 4.53. The number of amides is 2. The first-order valence-corrected chi connectivity index (χ1v) is 7.81. The summed E-state index contributed by atoms with van der Waals surface area (Å²) >= 11 is 0. The Morgan fingerprint density at radius 2 is 2.08 bits per heavy atom. The molecule has 0 bridgehead atoms. The number of nitrogens with two attached hydrogens (primary N) is 1. The summed E-state index contributed by atoms with van der Waals surface area (Å²) in [6, 6.07) is 12.3. The monoisotopic (exact) mass is 348 g/mol. The highest BCUT2D eigenvalue weighted by Gasteiger charge is 2.13. The lowest BCUT2D eigenvalue weighted by molar-refractivity contribution is -0.114. The minimum atomic E-state index is -0.574. The highest BCUT2D eigenvalue weighted by molar-refractivity contribution is 6.02. The van der Waals surface area contributed by atoms with E-state index in [4.69, 9.17) is 11.0 Å². The van der Waals surface area contributed by atoms with Crippen LogP contribution in [0.2, 0.25) is 0 Å². The van der Waals surface area contributed by atoms with Gasteiger partial charge in [-0.1, -0.05) is 12.1 Å². The molecule has 130 valence electrons. The van der Waals surface area contributed by atoms with Gasteiger partial charge in [-0.25, -0.2) is 0 Å². The number of H-pyrrole nitrogens is 1. The lowest BCUT2D eigenvalue weighted by Crippen LogP contribution is -2.23. The Labute approximate surface area is 149 Å². The number of anilines is 2. The number of hydrogen-bond acceptors (Lipinski definition) is 5. The van der Waals surface area contributed by atoms with Crippen molar-refractivity contribution in [3.63, 3.8) is 0 Å². The number of rotatable bonds is 5. The molecule has 5 N–H and O–H groups in total. The molecule has 0 fully saturated rings. The lowest BCUT2D eigenvalue weighted by atomic mass is 10.1. The van der Waals surface area contributed by atoms with Crippen LogP contribution in [-0.4, -0.2) is 28.6 Å². The summed E-state index contributed by atoms with van der Waals surface area (Å²) in [5.74, 6) is -0.530. The van der Waals surface area contributed by atoms with Crippen LogP contribution >= 0.6 is 0 Å². The molecule has 0 aliphatic rings. The number of aromatic nitrogens is 2. The summed E-state index contributed by atoms with van der Waals surface area (Å²) < 4.78 is 0. The zero-order valence-electron chi connectivity index (χ0n) is 14.0. The van der Waals surface area contributed by atoms with Crippen LogP contribution in [0.3, 0.4) is 0 Å². The van der Waals surface area contributed by atoms with Crippen LogP contribution in [0.15, 0.2) is 36.4 Å². The number of nitriles is 1. The van der Waals surface area contributed by atoms with E-state index in [0.717, 1.165) is 5.56 Å². The van der Waals surface area contributed by atoms with E-state index < -0.39 is 5.91 Å². The molecule has 3 rings (SSSR count). The number of aromatic amines is 1. The number of carbonyl (C=O) groups excluding carboxylic acids is 2. The number of nitrogens with one attached hydrogen (secondary N) is 3. The predicted octanol–water partition coefficient (Wildman–Crippen LogP) is 1.89. The van der Waals surface area contributed by atoms with Crippen molar-refractivity contribution in [1.82, 2.24) is 10.2 Å². The summed E-state index contributed by atoms with van der Waals surface area (Å²) in [4.78, 5) is 23.6. The summed E-state index contributed by atoms with van der Waals surface area (Å²) in [5, 5.41) is 22.3. The second-order valence-electron chi connectivity index (χ2n) is 5.71. The normalized spacial score (nSPS) is 10.3. The maximum absolute atomic E-state index is 12.2. The third-order valence-electron chi connectivity index (χ3n) is 3.92. The molecule has 0 spiro atoms. The van der Waals surface area contributed by atoms with Gasteiger partial charge in [0.25, 0.3) is 5.91 Å². The molecule has 3 aromatic rings. The van der Waals surface area contributed by atoms with E-state index in [2.05, 4.69) is 26.9 Å². The van der Waals surface area contributed by atoms with Gasteiger partial charge in [0, 0.05) is 11.1 Å². The van der Waals surface area contributed by atoms with Gasteiger partial charge in [0.1, 0.15) is 0 Å².